The number of rotatable bonds is 5. The van der Waals surface area contributed by atoms with Gasteiger partial charge in [-0.3, -0.25) is 4.68 Å². The number of amidine groups is 1. The summed E-state index contributed by atoms with van der Waals surface area (Å²) in [5.74, 6) is -0.239. The Hall–Kier alpha value is -3.43. The first-order chi connectivity index (χ1) is 16.8. The van der Waals surface area contributed by atoms with E-state index in [0.717, 1.165) is 53.7 Å². The lowest BCUT2D eigenvalue weighted by Gasteiger charge is -2.28. The molecule has 0 radical (unpaired) electrons. The molecule has 182 valence electrons. The number of nitrogens with one attached hydrogen (secondary N) is 1. The molecule has 1 aromatic carbocycles. The summed E-state index contributed by atoms with van der Waals surface area (Å²) in [5, 5.41) is 13.1. The third-order valence-corrected chi connectivity index (χ3v) is 6.83. The maximum absolute atomic E-state index is 13.8. The number of fused-ring (bicyclic) bond motifs is 1. The Kier molecular flexibility index (Phi) is 6.21. The van der Waals surface area contributed by atoms with Gasteiger partial charge in [-0.2, -0.15) is 10.2 Å². The lowest BCUT2D eigenvalue weighted by Crippen LogP contribution is -2.33. The highest BCUT2D eigenvalue weighted by atomic mass is 35.5. The topological polar surface area (TPSA) is 112 Å². The van der Waals surface area contributed by atoms with Gasteiger partial charge in [-0.15, -0.1) is 0 Å². The molecule has 1 aliphatic carbocycles. The monoisotopic (exact) mass is 494 g/mol. The van der Waals surface area contributed by atoms with Gasteiger partial charge in [0.25, 0.3) is 0 Å². The van der Waals surface area contributed by atoms with E-state index in [4.69, 9.17) is 23.1 Å². The fourth-order valence-electron chi connectivity index (χ4n) is 4.66. The summed E-state index contributed by atoms with van der Waals surface area (Å²) < 4.78 is 17.4. The first kappa shape index (κ1) is 23.3. The van der Waals surface area contributed by atoms with Gasteiger partial charge >= 0.3 is 0 Å². The van der Waals surface area contributed by atoms with Crippen LogP contribution in [0.15, 0.2) is 47.8 Å². The summed E-state index contributed by atoms with van der Waals surface area (Å²) in [6.07, 6.45) is 9.46. The van der Waals surface area contributed by atoms with Crippen LogP contribution < -0.4 is 16.8 Å². The third kappa shape index (κ3) is 4.74. The maximum atomic E-state index is 13.8. The predicted octanol–water partition coefficient (Wildman–Crippen LogP) is 4.55. The normalized spacial score (nSPS) is 18.8. The van der Waals surface area contributed by atoms with Crippen molar-refractivity contribution < 1.29 is 4.39 Å². The molecule has 8 nitrogen and oxygen atoms in total. The minimum atomic E-state index is -0.436. The number of hydrogen-bond acceptors (Lipinski definition) is 5. The molecule has 1 fully saturated rings. The van der Waals surface area contributed by atoms with E-state index < -0.39 is 5.82 Å². The first-order valence-corrected chi connectivity index (χ1v) is 12.0. The summed E-state index contributed by atoms with van der Waals surface area (Å²) in [6.45, 7) is 1.98. The fourth-order valence-corrected chi connectivity index (χ4v) is 4.82. The van der Waals surface area contributed by atoms with E-state index in [0.29, 0.717) is 10.6 Å². The van der Waals surface area contributed by atoms with Crippen molar-refractivity contribution in [1.29, 1.82) is 0 Å². The van der Waals surface area contributed by atoms with Crippen LogP contribution in [0.3, 0.4) is 0 Å². The maximum Gasteiger partial charge on any atom is 0.135 e. The molecule has 0 amide bonds. The SMILES string of the molecule is Cc1nn(C)cc1-c1cc2c(NC3CCC(N)CC3)c(C(N)=Nc3cc(F)ccc3Cl)cnn2c1. The Morgan fingerprint density at radius 2 is 1.97 bits per heavy atom. The van der Waals surface area contributed by atoms with E-state index >= 15 is 0 Å². The molecule has 0 atom stereocenters. The number of nitrogens with two attached hydrogens (primary N) is 2. The van der Waals surface area contributed by atoms with Crippen LogP contribution in [0.1, 0.15) is 36.9 Å². The van der Waals surface area contributed by atoms with Gasteiger partial charge in [0.2, 0.25) is 0 Å². The molecule has 1 saturated carbocycles. The standard InChI is InChI=1S/C25H28ClFN8/c1-14-20(13-34(2)33-14)15-9-23-24(31-18-6-4-17(28)5-7-18)19(11-30-35(23)12-15)25(29)32-22-10-16(27)3-8-21(22)26/h3,8-13,17-18,31H,4-7,28H2,1-2H3,(H2,29,32). The van der Waals surface area contributed by atoms with Crippen molar-refractivity contribution in [3.8, 4) is 11.1 Å². The molecule has 0 bridgehead atoms. The zero-order chi connectivity index (χ0) is 24.7. The molecule has 1 aliphatic rings. The molecule has 3 heterocycles. The lowest BCUT2D eigenvalue weighted by molar-refractivity contribution is 0.411. The lowest BCUT2D eigenvalue weighted by atomic mass is 9.91. The van der Waals surface area contributed by atoms with E-state index in [1.54, 1.807) is 10.9 Å². The molecule has 35 heavy (non-hydrogen) atoms. The van der Waals surface area contributed by atoms with Crippen molar-refractivity contribution in [1.82, 2.24) is 19.4 Å². The quantitative estimate of drug-likeness (QED) is 0.278. The Labute approximate surface area is 207 Å². The largest absolute Gasteiger partial charge is 0.383 e. The number of hydrogen-bond donors (Lipinski definition) is 3. The Morgan fingerprint density at radius 3 is 2.69 bits per heavy atom. The molecular formula is C25H28ClFN8. The van der Waals surface area contributed by atoms with Gasteiger partial charge in [-0.05, 0) is 50.8 Å². The summed E-state index contributed by atoms with van der Waals surface area (Å²) in [7, 11) is 1.90. The second-order valence-corrected chi connectivity index (χ2v) is 9.55. The molecule has 5 N–H and O–H groups in total. The zero-order valence-electron chi connectivity index (χ0n) is 19.7. The van der Waals surface area contributed by atoms with Crippen LogP contribution in [0, 0.1) is 12.7 Å². The van der Waals surface area contributed by atoms with Crippen LogP contribution in [0.25, 0.3) is 16.6 Å². The smallest absolute Gasteiger partial charge is 0.135 e. The number of nitrogens with zero attached hydrogens (tertiary/aromatic N) is 5. The van der Waals surface area contributed by atoms with Crippen LogP contribution in [0.4, 0.5) is 15.8 Å². The number of aryl methyl sites for hydroxylation is 2. The summed E-state index contributed by atoms with van der Waals surface area (Å²) in [4.78, 5) is 4.44. The summed E-state index contributed by atoms with van der Waals surface area (Å²) in [6, 6.07) is 6.56. The van der Waals surface area contributed by atoms with Gasteiger partial charge in [-0.25, -0.2) is 13.9 Å². The van der Waals surface area contributed by atoms with Crippen molar-refractivity contribution in [3.05, 3.63) is 65.0 Å². The molecule has 4 aromatic rings. The molecule has 0 spiro atoms. The average Bonchev–Trinajstić information content (AvgIpc) is 3.40. The van der Waals surface area contributed by atoms with Gasteiger partial charge in [0.1, 0.15) is 11.7 Å². The van der Waals surface area contributed by atoms with Gasteiger partial charge in [0.05, 0.1) is 39.4 Å². The average molecular weight is 495 g/mol. The van der Waals surface area contributed by atoms with Crippen molar-refractivity contribution in [2.24, 2.45) is 23.5 Å². The van der Waals surface area contributed by atoms with E-state index in [-0.39, 0.29) is 23.6 Å². The summed E-state index contributed by atoms with van der Waals surface area (Å²) in [5.41, 5.74) is 18.1. The van der Waals surface area contributed by atoms with Crippen LogP contribution in [-0.2, 0) is 7.05 Å². The van der Waals surface area contributed by atoms with Crippen molar-refractivity contribution in [2.75, 3.05) is 5.32 Å². The molecule has 0 saturated heterocycles. The zero-order valence-corrected chi connectivity index (χ0v) is 20.4. The fraction of sp³-hybridized carbons (Fsp3) is 0.320. The van der Waals surface area contributed by atoms with Crippen LogP contribution in [0.5, 0.6) is 0 Å². The van der Waals surface area contributed by atoms with Crippen molar-refractivity contribution >= 4 is 34.3 Å². The minimum Gasteiger partial charge on any atom is -0.383 e. The van der Waals surface area contributed by atoms with Crippen LogP contribution in [0.2, 0.25) is 5.02 Å². The van der Waals surface area contributed by atoms with Gasteiger partial charge in [-0.1, -0.05) is 11.6 Å². The van der Waals surface area contributed by atoms with E-state index in [9.17, 15) is 4.39 Å². The van der Waals surface area contributed by atoms with Crippen molar-refractivity contribution in [3.63, 3.8) is 0 Å². The molecule has 0 unspecified atom stereocenters. The number of anilines is 1. The van der Waals surface area contributed by atoms with Gasteiger partial charge < -0.3 is 16.8 Å². The minimum absolute atomic E-state index is 0.197. The Morgan fingerprint density at radius 1 is 1.20 bits per heavy atom. The highest BCUT2D eigenvalue weighted by Crippen LogP contribution is 2.33. The molecule has 3 aromatic heterocycles. The van der Waals surface area contributed by atoms with E-state index in [1.807, 2.05) is 30.9 Å². The van der Waals surface area contributed by atoms with E-state index in [2.05, 4.69) is 26.6 Å². The number of benzene rings is 1. The highest BCUT2D eigenvalue weighted by Gasteiger charge is 2.22. The molecule has 0 aliphatic heterocycles. The predicted molar refractivity (Wildman–Crippen MR) is 138 cm³/mol. The number of aliphatic imine (C=N–C) groups is 1. The van der Waals surface area contributed by atoms with Crippen LogP contribution in [-0.4, -0.2) is 37.3 Å². The second kappa shape index (κ2) is 9.31. The first-order valence-electron chi connectivity index (χ1n) is 11.6. The number of aromatic nitrogens is 4. The van der Waals surface area contributed by atoms with Crippen molar-refractivity contribution in [2.45, 2.75) is 44.7 Å². The Balaban J connectivity index is 1.62. The Bertz CT molecular complexity index is 1410. The molecule has 5 rings (SSSR count). The molecular weight excluding hydrogens is 467 g/mol. The van der Waals surface area contributed by atoms with E-state index in [1.165, 1.54) is 18.2 Å². The second-order valence-electron chi connectivity index (χ2n) is 9.14. The van der Waals surface area contributed by atoms with Crippen LogP contribution >= 0.6 is 11.6 Å². The van der Waals surface area contributed by atoms with Gasteiger partial charge in [0, 0.05) is 48.7 Å². The summed E-state index contributed by atoms with van der Waals surface area (Å²) >= 11 is 6.24. The molecule has 10 heteroatoms. The van der Waals surface area contributed by atoms with Gasteiger partial charge in [0.15, 0.2) is 0 Å². The third-order valence-electron chi connectivity index (χ3n) is 6.51. The highest BCUT2D eigenvalue weighted by molar-refractivity contribution is 6.33. The number of halogens is 2.